The topological polar surface area (TPSA) is 73.9 Å². The minimum atomic E-state index is -0.523. The largest absolute Gasteiger partial charge is 0.454 e. The molecule has 0 spiro atoms. The molecule has 1 aliphatic heterocycles. The molecule has 1 atom stereocenters. The Hall–Kier alpha value is -3.80. The Morgan fingerprint density at radius 1 is 0.897 bits per heavy atom. The van der Waals surface area contributed by atoms with Gasteiger partial charge in [-0.1, -0.05) is 48.5 Å². The fourth-order valence-corrected chi connectivity index (χ4v) is 3.05. The SMILES string of the molecule is O=C(CC(NC(=O)c1ccccc1)c1ccccc1)Oc1ccc2c(c1)OCO2. The summed E-state index contributed by atoms with van der Waals surface area (Å²) in [6, 6.07) is 22.6. The molecule has 4 rings (SSSR count). The molecule has 6 nitrogen and oxygen atoms in total. The molecule has 1 unspecified atom stereocenters. The summed E-state index contributed by atoms with van der Waals surface area (Å²) in [7, 11) is 0. The summed E-state index contributed by atoms with van der Waals surface area (Å²) < 4.78 is 16.0. The van der Waals surface area contributed by atoms with Gasteiger partial charge in [-0.2, -0.15) is 0 Å². The monoisotopic (exact) mass is 389 g/mol. The number of nitrogens with one attached hydrogen (secondary N) is 1. The number of carbonyl (C=O) groups is 2. The highest BCUT2D eigenvalue weighted by Crippen LogP contribution is 2.35. The van der Waals surface area contributed by atoms with E-state index in [0.29, 0.717) is 22.8 Å². The first-order chi connectivity index (χ1) is 14.2. The van der Waals surface area contributed by atoms with Crippen molar-refractivity contribution in [3.8, 4) is 17.2 Å². The first kappa shape index (κ1) is 18.6. The molecule has 29 heavy (non-hydrogen) atoms. The van der Waals surface area contributed by atoms with Crippen LogP contribution in [-0.2, 0) is 4.79 Å². The number of rotatable bonds is 6. The van der Waals surface area contributed by atoms with Gasteiger partial charge in [-0.05, 0) is 29.8 Å². The molecule has 0 saturated carbocycles. The Bertz CT molecular complexity index is 1000. The second-order valence-electron chi connectivity index (χ2n) is 6.50. The number of fused-ring (bicyclic) bond motifs is 1. The van der Waals surface area contributed by atoms with Crippen LogP contribution in [0, 0.1) is 0 Å². The second-order valence-corrected chi connectivity index (χ2v) is 6.50. The average molecular weight is 389 g/mol. The minimum Gasteiger partial charge on any atom is -0.454 e. The fraction of sp³-hybridized carbons (Fsp3) is 0.130. The summed E-state index contributed by atoms with van der Waals surface area (Å²) in [5.41, 5.74) is 1.34. The van der Waals surface area contributed by atoms with Crippen molar-refractivity contribution in [2.24, 2.45) is 0 Å². The molecule has 6 heteroatoms. The molecule has 0 bridgehead atoms. The number of benzene rings is 3. The Labute approximate surface area is 168 Å². The summed E-state index contributed by atoms with van der Waals surface area (Å²) in [6.07, 6.45) is -0.0168. The molecule has 0 fully saturated rings. The zero-order chi connectivity index (χ0) is 20.1. The van der Waals surface area contributed by atoms with Gasteiger partial charge < -0.3 is 19.5 Å². The van der Waals surface area contributed by atoms with E-state index in [1.165, 1.54) is 0 Å². The molecule has 0 saturated heterocycles. The highest BCUT2D eigenvalue weighted by molar-refractivity contribution is 5.94. The van der Waals surface area contributed by atoms with E-state index < -0.39 is 12.0 Å². The molecule has 1 N–H and O–H groups in total. The average Bonchev–Trinajstić information content (AvgIpc) is 3.22. The Kier molecular flexibility index (Phi) is 5.42. The highest BCUT2D eigenvalue weighted by atomic mass is 16.7. The van der Waals surface area contributed by atoms with E-state index in [1.807, 2.05) is 36.4 Å². The molecule has 1 heterocycles. The van der Waals surface area contributed by atoms with Gasteiger partial charge in [-0.25, -0.2) is 0 Å². The summed E-state index contributed by atoms with van der Waals surface area (Å²) >= 11 is 0. The van der Waals surface area contributed by atoms with E-state index in [9.17, 15) is 9.59 Å². The quantitative estimate of drug-likeness (QED) is 0.512. The molecule has 1 amide bonds. The molecular weight excluding hydrogens is 370 g/mol. The second kappa shape index (κ2) is 8.48. The standard InChI is InChI=1S/C23H19NO5/c25-22(29-18-11-12-20-21(13-18)28-15-27-20)14-19(16-7-3-1-4-8-16)24-23(26)17-9-5-2-6-10-17/h1-13,19H,14-15H2,(H,24,26). The third kappa shape index (κ3) is 4.55. The van der Waals surface area contributed by atoms with Crippen molar-refractivity contribution in [2.45, 2.75) is 12.5 Å². The Morgan fingerprint density at radius 3 is 2.34 bits per heavy atom. The van der Waals surface area contributed by atoms with Crippen LogP contribution in [0.1, 0.15) is 28.4 Å². The van der Waals surface area contributed by atoms with Crippen molar-refractivity contribution in [3.63, 3.8) is 0 Å². The van der Waals surface area contributed by atoms with Gasteiger partial charge in [-0.3, -0.25) is 9.59 Å². The summed E-state index contributed by atoms with van der Waals surface area (Å²) in [5.74, 6) is 0.788. The van der Waals surface area contributed by atoms with Crippen molar-refractivity contribution in [1.29, 1.82) is 0 Å². The van der Waals surface area contributed by atoms with Gasteiger partial charge >= 0.3 is 5.97 Å². The molecule has 0 aliphatic carbocycles. The minimum absolute atomic E-state index is 0.0168. The van der Waals surface area contributed by atoms with Crippen LogP contribution >= 0.6 is 0 Å². The van der Waals surface area contributed by atoms with E-state index in [2.05, 4.69) is 5.32 Å². The maximum atomic E-state index is 12.6. The lowest BCUT2D eigenvalue weighted by atomic mass is 10.0. The van der Waals surface area contributed by atoms with Gasteiger partial charge in [0.2, 0.25) is 6.79 Å². The maximum absolute atomic E-state index is 12.6. The fourth-order valence-electron chi connectivity index (χ4n) is 3.05. The van der Waals surface area contributed by atoms with E-state index >= 15 is 0 Å². The van der Waals surface area contributed by atoms with Crippen LogP contribution in [0.3, 0.4) is 0 Å². The van der Waals surface area contributed by atoms with Crippen LogP contribution in [0.2, 0.25) is 0 Å². The maximum Gasteiger partial charge on any atom is 0.313 e. The van der Waals surface area contributed by atoms with Gasteiger partial charge in [0, 0.05) is 11.6 Å². The van der Waals surface area contributed by atoms with Crippen LogP contribution in [-0.4, -0.2) is 18.7 Å². The highest BCUT2D eigenvalue weighted by Gasteiger charge is 2.21. The molecule has 3 aromatic carbocycles. The van der Waals surface area contributed by atoms with Gasteiger partial charge in [-0.15, -0.1) is 0 Å². The van der Waals surface area contributed by atoms with Gasteiger partial charge in [0.1, 0.15) is 5.75 Å². The predicted octanol–water partition coefficient (Wildman–Crippen LogP) is 3.88. The van der Waals surface area contributed by atoms with Crippen LogP contribution in [0.15, 0.2) is 78.9 Å². The first-order valence-corrected chi connectivity index (χ1v) is 9.20. The lowest BCUT2D eigenvalue weighted by molar-refractivity contribution is -0.134. The molecule has 1 aliphatic rings. The summed E-state index contributed by atoms with van der Waals surface area (Å²) in [5, 5.41) is 2.92. The van der Waals surface area contributed by atoms with Crippen molar-refractivity contribution in [1.82, 2.24) is 5.32 Å². The van der Waals surface area contributed by atoms with Crippen LogP contribution in [0.4, 0.5) is 0 Å². The predicted molar refractivity (Wildman–Crippen MR) is 106 cm³/mol. The first-order valence-electron chi connectivity index (χ1n) is 9.20. The summed E-state index contributed by atoms with van der Waals surface area (Å²) in [4.78, 5) is 25.2. The van der Waals surface area contributed by atoms with E-state index in [-0.39, 0.29) is 19.1 Å². The Morgan fingerprint density at radius 2 is 1.59 bits per heavy atom. The smallest absolute Gasteiger partial charge is 0.313 e. The Balaban J connectivity index is 1.47. The van der Waals surface area contributed by atoms with E-state index in [0.717, 1.165) is 5.56 Å². The van der Waals surface area contributed by atoms with Crippen LogP contribution < -0.4 is 19.5 Å². The molecule has 146 valence electrons. The number of hydrogen-bond acceptors (Lipinski definition) is 5. The molecule has 0 aromatic heterocycles. The zero-order valence-electron chi connectivity index (χ0n) is 15.5. The van der Waals surface area contributed by atoms with Gasteiger partial charge in [0.05, 0.1) is 12.5 Å². The lowest BCUT2D eigenvalue weighted by Crippen LogP contribution is -2.31. The van der Waals surface area contributed by atoms with Gasteiger partial charge in [0.25, 0.3) is 5.91 Å². The molecular formula is C23H19NO5. The van der Waals surface area contributed by atoms with Crippen molar-refractivity contribution in [3.05, 3.63) is 90.0 Å². The van der Waals surface area contributed by atoms with Crippen molar-refractivity contribution >= 4 is 11.9 Å². The molecule has 0 radical (unpaired) electrons. The van der Waals surface area contributed by atoms with Crippen molar-refractivity contribution in [2.75, 3.05) is 6.79 Å². The number of hydrogen-bond donors (Lipinski definition) is 1. The number of carbonyl (C=O) groups excluding carboxylic acids is 2. The van der Waals surface area contributed by atoms with E-state index in [1.54, 1.807) is 42.5 Å². The van der Waals surface area contributed by atoms with E-state index in [4.69, 9.17) is 14.2 Å². The molecule has 3 aromatic rings. The third-order valence-corrected chi connectivity index (χ3v) is 4.49. The normalized spacial score (nSPS) is 12.8. The zero-order valence-corrected chi connectivity index (χ0v) is 15.5. The number of amides is 1. The summed E-state index contributed by atoms with van der Waals surface area (Å²) in [6.45, 7) is 0.147. The van der Waals surface area contributed by atoms with Crippen LogP contribution in [0.25, 0.3) is 0 Å². The number of esters is 1. The third-order valence-electron chi connectivity index (χ3n) is 4.49. The van der Waals surface area contributed by atoms with Crippen LogP contribution in [0.5, 0.6) is 17.2 Å². The lowest BCUT2D eigenvalue weighted by Gasteiger charge is -2.19. The number of ether oxygens (including phenoxy) is 3. The van der Waals surface area contributed by atoms with Gasteiger partial charge in [0.15, 0.2) is 11.5 Å². The van der Waals surface area contributed by atoms with Crippen molar-refractivity contribution < 1.29 is 23.8 Å².